The number of non-ortho nitro benzene ring substituents is 1. The van der Waals surface area contributed by atoms with Gasteiger partial charge >= 0.3 is 5.97 Å². The van der Waals surface area contributed by atoms with Crippen LogP contribution in [0.3, 0.4) is 0 Å². The minimum Gasteiger partial charge on any atom is -0.425 e. The van der Waals surface area contributed by atoms with Crippen molar-refractivity contribution in [1.29, 1.82) is 0 Å². The lowest BCUT2D eigenvalue weighted by Gasteiger charge is -2.42. The van der Waals surface area contributed by atoms with Gasteiger partial charge in [0.2, 0.25) is 0 Å². The van der Waals surface area contributed by atoms with Gasteiger partial charge in [0.05, 0.1) is 4.92 Å². The number of rotatable bonds is 2. The maximum Gasteiger partial charge on any atom is 0.325 e. The minimum atomic E-state index is -1.36. The molecular formula is C26H19N3O5S. The smallest absolute Gasteiger partial charge is 0.325 e. The Hall–Kier alpha value is -3.69. The van der Waals surface area contributed by atoms with Gasteiger partial charge in [0.15, 0.2) is 5.54 Å². The Labute approximate surface area is 204 Å². The summed E-state index contributed by atoms with van der Waals surface area (Å²) in [5.41, 5.74) is 0.210. The Kier molecular flexibility index (Phi) is 4.09. The number of nitro benzene ring substituents is 1. The summed E-state index contributed by atoms with van der Waals surface area (Å²) in [5.74, 6) is 0.585. The van der Waals surface area contributed by atoms with Crippen molar-refractivity contribution in [2.24, 2.45) is 0 Å². The highest BCUT2D eigenvalue weighted by Crippen LogP contribution is 2.70. The number of benzene rings is 3. The van der Waals surface area contributed by atoms with Crippen LogP contribution in [0, 0.1) is 10.1 Å². The summed E-state index contributed by atoms with van der Waals surface area (Å²) in [6, 6.07) is 21.1. The van der Waals surface area contributed by atoms with Gasteiger partial charge in [0.25, 0.3) is 11.6 Å². The molecule has 35 heavy (non-hydrogen) atoms. The van der Waals surface area contributed by atoms with Crippen molar-refractivity contribution in [3.8, 4) is 5.75 Å². The summed E-state index contributed by atoms with van der Waals surface area (Å²) in [6.45, 7) is 0. The number of ether oxygens (including phenoxy) is 1. The van der Waals surface area contributed by atoms with Gasteiger partial charge in [-0.05, 0) is 17.7 Å². The van der Waals surface area contributed by atoms with Gasteiger partial charge in [-0.2, -0.15) is 0 Å². The van der Waals surface area contributed by atoms with Crippen molar-refractivity contribution in [2.45, 2.75) is 22.9 Å². The number of hydrogen-bond acceptors (Lipinski definition) is 7. The lowest BCUT2D eigenvalue weighted by Crippen LogP contribution is -2.61. The molecule has 4 aliphatic rings. The lowest BCUT2D eigenvalue weighted by molar-refractivity contribution is -0.384. The third-order valence-corrected chi connectivity index (χ3v) is 9.00. The van der Waals surface area contributed by atoms with Crippen molar-refractivity contribution < 1.29 is 19.2 Å². The van der Waals surface area contributed by atoms with Crippen LogP contribution in [-0.4, -0.2) is 39.4 Å². The van der Waals surface area contributed by atoms with Crippen LogP contribution in [0.1, 0.15) is 22.6 Å². The molecule has 7 rings (SSSR count). The average Bonchev–Trinajstić information content (AvgIpc) is 3.58. The third kappa shape index (κ3) is 2.28. The van der Waals surface area contributed by atoms with Gasteiger partial charge in [-0.1, -0.05) is 48.5 Å². The second-order valence-corrected chi connectivity index (χ2v) is 10.3. The summed E-state index contributed by atoms with van der Waals surface area (Å²) in [7, 11) is 0. The Morgan fingerprint density at radius 3 is 2.49 bits per heavy atom. The van der Waals surface area contributed by atoms with Crippen LogP contribution in [0.4, 0.5) is 11.4 Å². The number of para-hydroxylation sites is 2. The fourth-order valence-corrected chi connectivity index (χ4v) is 8.12. The number of carbonyl (C=O) groups excluding carboxylic acids is 2. The first-order valence-electron chi connectivity index (χ1n) is 11.3. The monoisotopic (exact) mass is 485 g/mol. The molecule has 1 amide bonds. The molecule has 174 valence electrons. The molecule has 0 radical (unpaired) electrons. The molecule has 1 N–H and O–H groups in total. The molecule has 0 bridgehead atoms. The molecule has 0 unspecified atom stereocenters. The van der Waals surface area contributed by atoms with E-state index in [1.54, 1.807) is 30.0 Å². The standard InChI is InChI=1S/C26H19N3O5S/c30-23-26(17-5-1-3-7-19(17)27-23)25(18-6-2-4-8-21(18)34-24(25)31)22(20-13-35-14-28(20)26)15-9-11-16(12-10-15)29(32)33/h1-12,20,22H,13-14H2,(H,27,30)/t20-,22-,25-,26-/m1/s1. The van der Waals surface area contributed by atoms with E-state index in [0.717, 1.165) is 16.9 Å². The number of fused-ring (bicyclic) bond motifs is 7. The van der Waals surface area contributed by atoms with Gasteiger partial charge in [-0.25, -0.2) is 0 Å². The number of nitrogens with zero attached hydrogens (tertiary/aromatic N) is 2. The van der Waals surface area contributed by atoms with Crippen LogP contribution in [0.2, 0.25) is 0 Å². The summed E-state index contributed by atoms with van der Waals surface area (Å²) in [4.78, 5) is 41.4. The van der Waals surface area contributed by atoms with Crippen LogP contribution in [0.5, 0.6) is 5.75 Å². The number of thioether (sulfide) groups is 1. The largest absolute Gasteiger partial charge is 0.425 e. The highest BCUT2D eigenvalue weighted by molar-refractivity contribution is 7.99. The van der Waals surface area contributed by atoms with Crippen molar-refractivity contribution in [1.82, 2.24) is 4.90 Å². The second kappa shape index (κ2) is 6.93. The van der Waals surface area contributed by atoms with Crippen LogP contribution in [-0.2, 0) is 20.5 Å². The minimum absolute atomic E-state index is 0.0217. The zero-order valence-electron chi connectivity index (χ0n) is 18.3. The Bertz CT molecular complexity index is 1440. The van der Waals surface area contributed by atoms with E-state index in [9.17, 15) is 19.7 Å². The molecule has 9 heteroatoms. The van der Waals surface area contributed by atoms with Gasteiger partial charge in [0, 0.05) is 52.5 Å². The molecule has 8 nitrogen and oxygen atoms in total. The molecule has 4 atom stereocenters. The molecule has 2 saturated heterocycles. The molecule has 0 aliphatic carbocycles. The molecule has 2 spiro atoms. The number of nitro groups is 1. The second-order valence-electron chi connectivity index (χ2n) is 9.27. The number of nitrogens with one attached hydrogen (secondary N) is 1. The van der Waals surface area contributed by atoms with E-state index >= 15 is 0 Å². The molecule has 0 saturated carbocycles. The fourth-order valence-electron chi connectivity index (χ4n) is 6.82. The van der Waals surface area contributed by atoms with Crippen molar-refractivity contribution >= 4 is 35.0 Å². The van der Waals surface area contributed by atoms with E-state index in [4.69, 9.17) is 4.74 Å². The lowest BCUT2D eigenvalue weighted by atomic mass is 9.57. The third-order valence-electron chi connectivity index (χ3n) is 7.97. The molecular weight excluding hydrogens is 466 g/mol. The first-order chi connectivity index (χ1) is 17.0. The predicted molar refractivity (Wildman–Crippen MR) is 129 cm³/mol. The molecule has 3 aromatic carbocycles. The topological polar surface area (TPSA) is 102 Å². The van der Waals surface area contributed by atoms with Gasteiger partial charge in [-0.15, -0.1) is 11.8 Å². The van der Waals surface area contributed by atoms with Crippen molar-refractivity contribution in [3.05, 3.63) is 99.6 Å². The maximum absolute atomic E-state index is 14.2. The van der Waals surface area contributed by atoms with Gasteiger partial charge in [0.1, 0.15) is 11.2 Å². The van der Waals surface area contributed by atoms with Crippen LogP contribution in [0.15, 0.2) is 72.8 Å². The summed E-state index contributed by atoms with van der Waals surface area (Å²) >= 11 is 1.72. The summed E-state index contributed by atoms with van der Waals surface area (Å²) < 4.78 is 5.91. The Balaban J connectivity index is 1.59. The number of amides is 1. The van der Waals surface area contributed by atoms with E-state index in [2.05, 4.69) is 10.2 Å². The van der Waals surface area contributed by atoms with E-state index in [-0.39, 0.29) is 17.6 Å². The molecule has 0 aromatic heterocycles. The SMILES string of the molecule is O=C1Oc2ccccc2[C@@]12[C@H](c1ccc([N+](=O)[O-])cc1)[C@H]1CSCN1[C@]21C(=O)Nc2ccccc21. The zero-order valence-corrected chi connectivity index (χ0v) is 19.2. The Morgan fingerprint density at radius 2 is 1.71 bits per heavy atom. The maximum atomic E-state index is 14.2. The fraction of sp³-hybridized carbons (Fsp3) is 0.231. The van der Waals surface area contributed by atoms with E-state index in [0.29, 0.717) is 22.9 Å². The summed E-state index contributed by atoms with van der Waals surface area (Å²) in [6.07, 6.45) is 0. The molecule has 4 aliphatic heterocycles. The normalized spacial score (nSPS) is 30.3. The van der Waals surface area contributed by atoms with Gasteiger partial charge < -0.3 is 10.1 Å². The number of carbonyl (C=O) groups is 2. The number of anilines is 1. The first kappa shape index (κ1) is 20.7. The molecule has 4 heterocycles. The number of esters is 1. The molecule has 2 fully saturated rings. The molecule has 3 aromatic rings. The van der Waals surface area contributed by atoms with Crippen molar-refractivity contribution in [2.75, 3.05) is 16.9 Å². The Morgan fingerprint density at radius 1 is 1.00 bits per heavy atom. The van der Waals surface area contributed by atoms with Crippen LogP contribution < -0.4 is 10.1 Å². The highest BCUT2D eigenvalue weighted by atomic mass is 32.2. The number of hydrogen-bond donors (Lipinski definition) is 1. The van der Waals surface area contributed by atoms with E-state index in [1.165, 1.54) is 12.1 Å². The first-order valence-corrected chi connectivity index (χ1v) is 12.5. The van der Waals surface area contributed by atoms with Gasteiger partial charge in [-0.3, -0.25) is 24.6 Å². The van der Waals surface area contributed by atoms with Crippen LogP contribution >= 0.6 is 11.8 Å². The average molecular weight is 486 g/mol. The van der Waals surface area contributed by atoms with E-state index < -0.39 is 27.8 Å². The van der Waals surface area contributed by atoms with Crippen LogP contribution in [0.25, 0.3) is 0 Å². The highest BCUT2D eigenvalue weighted by Gasteiger charge is 2.81. The zero-order chi connectivity index (χ0) is 23.9. The van der Waals surface area contributed by atoms with E-state index in [1.807, 2.05) is 42.5 Å². The predicted octanol–water partition coefficient (Wildman–Crippen LogP) is 3.77. The van der Waals surface area contributed by atoms with Crippen molar-refractivity contribution in [3.63, 3.8) is 0 Å². The summed E-state index contributed by atoms with van der Waals surface area (Å²) in [5, 5.41) is 14.4. The quantitative estimate of drug-likeness (QED) is 0.255.